The normalized spacial score (nSPS) is 13.3. The second kappa shape index (κ2) is 17.4. The Bertz CT molecular complexity index is 259. The molecule has 1 atom stereocenters. The summed E-state index contributed by atoms with van der Waals surface area (Å²) in [6, 6.07) is 0.386. The molecule has 0 aliphatic carbocycles. The number of hydrogen-bond acceptors (Lipinski definition) is 1. The first-order chi connectivity index (χ1) is 12.0. The zero-order valence-electron chi connectivity index (χ0n) is 18.4. The standard InChI is InChI=1S/C24H51N/c1-5-7-9-11-13-14-15-17-19-21-23(25)24(3,4)22-20-18-16-12-10-8-6-2/h23H,5-22,25H2,1-4H3. The first-order valence-corrected chi connectivity index (χ1v) is 11.8. The zero-order valence-corrected chi connectivity index (χ0v) is 18.4. The minimum atomic E-state index is 0.323. The molecule has 0 fully saturated rings. The Balaban J connectivity index is 3.53. The van der Waals surface area contributed by atoms with Crippen molar-refractivity contribution in [1.29, 1.82) is 0 Å². The molecular formula is C24H51N. The number of rotatable bonds is 19. The molecule has 1 heteroatoms. The van der Waals surface area contributed by atoms with E-state index in [0.717, 1.165) is 0 Å². The molecule has 0 rings (SSSR count). The predicted molar refractivity (Wildman–Crippen MR) is 116 cm³/mol. The van der Waals surface area contributed by atoms with E-state index in [4.69, 9.17) is 5.73 Å². The van der Waals surface area contributed by atoms with E-state index < -0.39 is 0 Å². The molecule has 0 aliphatic heterocycles. The zero-order chi connectivity index (χ0) is 18.8. The largest absolute Gasteiger partial charge is 0.327 e. The first-order valence-electron chi connectivity index (χ1n) is 11.8. The summed E-state index contributed by atoms with van der Waals surface area (Å²) >= 11 is 0. The molecule has 152 valence electrons. The maximum Gasteiger partial charge on any atom is 0.00902 e. The molecular weight excluding hydrogens is 302 g/mol. The van der Waals surface area contributed by atoms with E-state index in [2.05, 4.69) is 27.7 Å². The van der Waals surface area contributed by atoms with Gasteiger partial charge in [-0.2, -0.15) is 0 Å². The van der Waals surface area contributed by atoms with Crippen molar-refractivity contribution in [2.75, 3.05) is 0 Å². The van der Waals surface area contributed by atoms with E-state index in [-0.39, 0.29) is 0 Å². The van der Waals surface area contributed by atoms with Crippen molar-refractivity contribution >= 4 is 0 Å². The first kappa shape index (κ1) is 25.0. The van der Waals surface area contributed by atoms with E-state index in [1.165, 1.54) is 116 Å². The maximum absolute atomic E-state index is 6.53. The Hall–Kier alpha value is -0.0400. The Morgan fingerprint density at radius 2 is 0.920 bits per heavy atom. The lowest BCUT2D eigenvalue weighted by molar-refractivity contribution is 0.238. The molecule has 0 saturated carbocycles. The quantitative estimate of drug-likeness (QED) is 0.232. The minimum Gasteiger partial charge on any atom is -0.327 e. The molecule has 0 aromatic carbocycles. The summed E-state index contributed by atoms with van der Waals surface area (Å²) in [5.74, 6) is 0. The van der Waals surface area contributed by atoms with Crippen molar-refractivity contribution in [1.82, 2.24) is 0 Å². The van der Waals surface area contributed by atoms with Crippen molar-refractivity contribution in [3.63, 3.8) is 0 Å². The maximum atomic E-state index is 6.53. The van der Waals surface area contributed by atoms with Crippen LogP contribution in [0, 0.1) is 5.41 Å². The highest BCUT2D eigenvalue weighted by Gasteiger charge is 2.25. The highest BCUT2D eigenvalue weighted by Crippen LogP contribution is 2.30. The van der Waals surface area contributed by atoms with Crippen LogP contribution in [0.15, 0.2) is 0 Å². The molecule has 0 spiro atoms. The number of unbranched alkanes of at least 4 members (excludes halogenated alkanes) is 14. The number of nitrogens with two attached hydrogens (primary N) is 1. The average Bonchev–Trinajstić information content (AvgIpc) is 2.59. The third-order valence-corrected chi connectivity index (χ3v) is 6.05. The van der Waals surface area contributed by atoms with Crippen LogP contribution in [0.25, 0.3) is 0 Å². The molecule has 0 aromatic heterocycles. The van der Waals surface area contributed by atoms with Crippen molar-refractivity contribution in [2.45, 2.75) is 149 Å². The van der Waals surface area contributed by atoms with E-state index in [9.17, 15) is 0 Å². The van der Waals surface area contributed by atoms with Gasteiger partial charge in [-0.15, -0.1) is 0 Å². The molecule has 0 heterocycles. The summed E-state index contributed by atoms with van der Waals surface area (Å²) in [7, 11) is 0. The Kier molecular flexibility index (Phi) is 17.3. The van der Waals surface area contributed by atoms with E-state index in [0.29, 0.717) is 11.5 Å². The van der Waals surface area contributed by atoms with Crippen molar-refractivity contribution in [3.8, 4) is 0 Å². The van der Waals surface area contributed by atoms with Crippen molar-refractivity contribution in [2.24, 2.45) is 11.1 Å². The summed E-state index contributed by atoms with van der Waals surface area (Å²) < 4.78 is 0. The number of hydrogen-bond donors (Lipinski definition) is 1. The third-order valence-electron chi connectivity index (χ3n) is 6.05. The SMILES string of the molecule is CCCCCCCCCCCC(N)C(C)(C)CCCCCCCCC. The lowest BCUT2D eigenvalue weighted by Crippen LogP contribution is -2.37. The van der Waals surface area contributed by atoms with E-state index in [1.54, 1.807) is 0 Å². The van der Waals surface area contributed by atoms with Gasteiger partial charge in [0.25, 0.3) is 0 Å². The van der Waals surface area contributed by atoms with Gasteiger partial charge < -0.3 is 5.73 Å². The predicted octanol–water partition coefficient (Wildman–Crippen LogP) is 8.40. The molecule has 0 aromatic rings. The van der Waals surface area contributed by atoms with Crippen LogP contribution in [0.3, 0.4) is 0 Å². The molecule has 1 nitrogen and oxygen atoms in total. The van der Waals surface area contributed by atoms with Gasteiger partial charge in [0.1, 0.15) is 0 Å². The van der Waals surface area contributed by atoms with Crippen molar-refractivity contribution in [3.05, 3.63) is 0 Å². The molecule has 0 amide bonds. The van der Waals surface area contributed by atoms with Crippen LogP contribution in [0.2, 0.25) is 0 Å². The summed E-state index contributed by atoms with van der Waals surface area (Å²) in [6.07, 6.45) is 25.0. The second-order valence-corrected chi connectivity index (χ2v) is 9.08. The topological polar surface area (TPSA) is 26.0 Å². The van der Waals surface area contributed by atoms with Gasteiger partial charge in [-0.3, -0.25) is 0 Å². The fourth-order valence-corrected chi connectivity index (χ4v) is 3.79. The molecule has 2 N–H and O–H groups in total. The second-order valence-electron chi connectivity index (χ2n) is 9.08. The smallest absolute Gasteiger partial charge is 0.00902 e. The van der Waals surface area contributed by atoms with Crippen LogP contribution in [-0.4, -0.2) is 6.04 Å². The fraction of sp³-hybridized carbons (Fsp3) is 1.00. The summed E-state index contributed by atoms with van der Waals surface area (Å²) in [5, 5.41) is 0. The lowest BCUT2D eigenvalue weighted by Gasteiger charge is -2.32. The summed E-state index contributed by atoms with van der Waals surface area (Å²) in [4.78, 5) is 0. The minimum absolute atomic E-state index is 0.323. The molecule has 0 radical (unpaired) electrons. The van der Waals surface area contributed by atoms with Gasteiger partial charge in [0.05, 0.1) is 0 Å². The van der Waals surface area contributed by atoms with Crippen LogP contribution in [0.4, 0.5) is 0 Å². The van der Waals surface area contributed by atoms with E-state index >= 15 is 0 Å². The molecule has 1 unspecified atom stereocenters. The van der Waals surface area contributed by atoms with Crippen LogP contribution >= 0.6 is 0 Å². The Morgan fingerprint density at radius 3 is 1.36 bits per heavy atom. The highest BCUT2D eigenvalue weighted by molar-refractivity contribution is 4.81. The van der Waals surface area contributed by atoms with Gasteiger partial charge in [-0.1, -0.05) is 130 Å². The molecule has 0 saturated heterocycles. The van der Waals surface area contributed by atoms with Crippen LogP contribution < -0.4 is 5.73 Å². The average molecular weight is 354 g/mol. The monoisotopic (exact) mass is 353 g/mol. The van der Waals surface area contributed by atoms with Crippen LogP contribution in [0.5, 0.6) is 0 Å². The van der Waals surface area contributed by atoms with Gasteiger partial charge in [0.2, 0.25) is 0 Å². The third kappa shape index (κ3) is 15.9. The lowest BCUT2D eigenvalue weighted by atomic mass is 9.78. The van der Waals surface area contributed by atoms with Gasteiger partial charge in [-0.25, -0.2) is 0 Å². The Labute approximate surface area is 160 Å². The fourth-order valence-electron chi connectivity index (χ4n) is 3.79. The van der Waals surface area contributed by atoms with Gasteiger partial charge in [0.15, 0.2) is 0 Å². The van der Waals surface area contributed by atoms with Crippen LogP contribution in [-0.2, 0) is 0 Å². The highest BCUT2D eigenvalue weighted by atomic mass is 14.7. The van der Waals surface area contributed by atoms with E-state index in [1.807, 2.05) is 0 Å². The van der Waals surface area contributed by atoms with Gasteiger partial charge in [0, 0.05) is 6.04 Å². The Morgan fingerprint density at radius 1 is 0.560 bits per heavy atom. The van der Waals surface area contributed by atoms with Gasteiger partial charge in [-0.05, 0) is 18.3 Å². The van der Waals surface area contributed by atoms with Crippen LogP contribution in [0.1, 0.15) is 143 Å². The van der Waals surface area contributed by atoms with Crippen molar-refractivity contribution < 1.29 is 0 Å². The van der Waals surface area contributed by atoms with Gasteiger partial charge >= 0.3 is 0 Å². The summed E-state index contributed by atoms with van der Waals surface area (Å²) in [5.41, 5.74) is 6.85. The molecule has 0 aliphatic rings. The molecule has 25 heavy (non-hydrogen) atoms. The summed E-state index contributed by atoms with van der Waals surface area (Å²) in [6.45, 7) is 9.36. The molecule has 0 bridgehead atoms.